The van der Waals surface area contributed by atoms with Crippen molar-refractivity contribution < 1.29 is 17.4 Å². The van der Waals surface area contributed by atoms with E-state index in [2.05, 4.69) is 25.3 Å². The Morgan fingerprint density at radius 1 is 1.15 bits per heavy atom. The third kappa shape index (κ3) is 6.43. The van der Waals surface area contributed by atoms with Gasteiger partial charge in [0.1, 0.15) is 34.4 Å². The summed E-state index contributed by atoms with van der Waals surface area (Å²) in [6.45, 7) is 4.74. The molecule has 5 rings (SSSR count). The first-order valence-corrected chi connectivity index (χ1v) is 14.8. The molecule has 1 aliphatic heterocycles. The lowest BCUT2D eigenvalue weighted by Crippen LogP contribution is -2.44. The summed E-state index contributed by atoms with van der Waals surface area (Å²) in [5.41, 5.74) is 0.896. The van der Waals surface area contributed by atoms with Crippen LogP contribution in [-0.2, 0) is 16.7 Å². The number of anilines is 2. The van der Waals surface area contributed by atoms with E-state index >= 15 is 4.39 Å². The Labute approximate surface area is 238 Å². The molecule has 1 fully saturated rings. The minimum atomic E-state index is -1.78. The second-order valence-corrected chi connectivity index (χ2v) is 11.4. The average molecular weight is 585 g/mol. The van der Waals surface area contributed by atoms with Crippen molar-refractivity contribution in [3.05, 3.63) is 82.3 Å². The van der Waals surface area contributed by atoms with Crippen molar-refractivity contribution in [2.24, 2.45) is 0 Å². The highest BCUT2D eigenvalue weighted by molar-refractivity contribution is 7.85. The van der Waals surface area contributed by atoms with Gasteiger partial charge in [-0.25, -0.2) is 22.4 Å². The van der Waals surface area contributed by atoms with Crippen LogP contribution in [0.2, 0.25) is 0 Å². The lowest BCUT2D eigenvalue weighted by molar-refractivity contribution is 0.254. The van der Waals surface area contributed by atoms with E-state index in [0.29, 0.717) is 48.5 Å². The van der Waals surface area contributed by atoms with Gasteiger partial charge in [0.2, 0.25) is 5.95 Å². The number of benzene rings is 2. The number of pyridine rings is 1. The summed E-state index contributed by atoms with van der Waals surface area (Å²) >= 11 is 0. The minimum absolute atomic E-state index is 0.0294. The van der Waals surface area contributed by atoms with Gasteiger partial charge >= 0.3 is 0 Å². The van der Waals surface area contributed by atoms with Crippen molar-refractivity contribution in [1.29, 1.82) is 0 Å². The normalized spacial score (nSPS) is 18.7. The van der Waals surface area contributed by atoms with E-state index in [4.69, 9.17) is 0 Å². The van der Waals surface area contributed by atoms with Crippen LogP contribution in [0, 0.1) is 11.6 Å². The average Bonchev–Trinajstić information content (AvgIpc) is 2.95. The molecule has 0 radical (unpaired) electrons. The highest BCUT2D eigenvalue weighted by atomic mass is 32.2. The summed E-state index contributed by atoms with van der Waals surface area (Å²) in [4.78, 5) is 22.7. The topological polar surface area (TPSA) is 101 Å². The molecule has 1 saturated heterocycles. The predicted octanol–water partition coefficient (Wildman–Crippen LogP) is 5.10. The van der Waals surface area contributed by atoms with Crippen LogP contribution in [-0.4, -0.2) is 44.0 Å². The van der Waals surface area contributed by atoms with Crippen molar-refractivity contribution in [3.8, 4) is 11.1 Å². The van der Waals surface area contributed by atoms with Gasteiger partial charge in [0.15, 0.2) is 0 Å². The number of fused-ring (bicyclic) bond motifs is 1. The summed E-state index contributed by atoms with van der Waals surface area (Å²) in [7, 11) is -1.78. The molecular weight excluding hydrogens is 553 g/mol. The van der Waals surface area contributed by atoms with Crippen molar-refractivity contribution in [2.75, 3.05) is 23.1 Å². The van der Waals surface area contributed by atoms with Gasteiger partial charge in [0.25, 0.3) is 5.56 Å². The van der Waals surface area contributed by atoms with Gasteiger partial charge in [-0.3, -0.25) is 9.36 Å². The van der Waals surface area contributed by atoms with E-state index < -0.39 is 28.8 Å². The number of nitrogens with zero attached hydrogens (tertiary/aromatic N) is 3. The zero-order valence-electron chi connectivity index (χ0n) is 22.7. The molecule has 4 unspecified atom stereocenters. The first-order chi connectivity index (χ1) is 19.7. The number of rotatable bonds is 9. The summed E-state index contributed by atoms with van der Waals surface area (Å²) in [5.74, 6) is -1.03. The van der Waals surface area contributed by atoms with Crippen molar-refractivity contribution >= 4 is 33.7 Å². The first-order valence-electron chi connectivity index (χ1n) is 13.5. The van der Waals surface area contributed by atoms with Gasteiger partial charge in [-0.15, -0.1) is 0 Å². The van der Waals surface area contributed by atoms with Crippen molar-refractivity contribution in [3.63, 3.8) is 0 Å². The van der Waals surface area contributed by atoms with Gasteiger partial charge in [-0.1, -0.05) is 31.2 Å². The summed E-state index contributed by atoms with van der Waals surface area (Å²) in [6, 6.07) is 11.4. The minimum Gasteiger partial charge on any atom is -0.350 e. The Hall–Kier alpha value is -3.77. The van der Waals surface area contributed by atoms with Crippen LogP contribution in [0.5, 0.6) is 0 Å². The molecule has 1 aliphatic rings. The molecule has 12 heteroatoms. The lowest BCUT2D eigenvalue weighted by atomic mass is 10.0. The standard InChI is InChI=1S/C29H31F3N6O2S/c1-3-17(2)38-27-20(13-34-29(36-27)35-22-12-21(30)14-33-15-22)10-23(28(38)39)18-8-9-26(25(32)11-18)37-41(40)16-19-6-4-5-7-24(19)31/h4-11,13,17,21-22,33,37H,3,12,14-16H2,1-2H3,(H,34,35,36). The van der Waals surface area contributed by atoms with E-state index in [9.17, 15) is 17.8 Å². The number of nitrogens with one attached hydrogen (secondary N) is 3. The fraction of sp³-hybridized carbons (Fsp3) is 0.345. The van der Waals surface area contributed by atoms with E-state index in [1.54, 1.807) is 29.0 Å². The molecule has 4 atom stereocenters. The monoisotopic (exact) mass is 584 g/mol. The third-order valence-corrected chi connectivity index (χ3v) is 8.20. The van der Waals surface area contributed by atoms with Gasteiger partial charge in [-0.05, 0) is 43.2 Å². The molecule has 0 aliphatic carbocycles. The maximum absolute atomic E-state index is 15.1. The predicted molar refractivity (Wildman–Crippen MR) is 156 cm³/mol. The zero-order valence-corrected chi connectivity index (χ0v) is 23.5. The van der Waals surface area contributed by atoms with Crippen LogP contribution in [0.4, 0.5) is 24.8 Å². The van der Waals surface area contributed by atoms with E-state index in [1.165, 1.54) is 30.3 Å². The number of hydrogen-bond donors (Lipinski definition) is 3. The molecule has 216 valence electrons. The molecule has 2 aromatic carbocycles. The Morgan fingerprint density at radius 2 is 1.95 bits per heavy atom. The fourth-order valence-corrected chi connectivity index (χ4v) is 5.85. The third-order valence-electron chi connectivity index (χ3n) is 7.18. The van der Waals surface area contributed by atoms with Gasteiger partial charge < -0.3 is 15.4 Å². The van der Waals surface area contributed by atoms with E-state index in [0.717, 1.165) is 0 Å². The maximum Gasteiger partial charge on any atom is 0.260 e. The summed E-state index contributed by atoms with van der Waals surface area (Å²) < 4.78 is 59.6. The van der Waals surface area contributed by atoms with Gasteiger partial charge in [0, 0.05) is 54.3 Å². The van der Waals surface area contributed by atoms with Crippen LogP contribution in [0.1, 0.15) is 38.3 Å². The van der Waals surface area contributed by atoms with Crippen molar-refractivity contribution in [2.45, 2.75) is 50.7 Å². The van der Waals surface area contributed by atoms with Gasteiger partial charge in [0.05, 0.1) is 11.4 Å². The second-order valence-electron chi connectivity index (χ2n) is 10.2. The molecule has 4 aromatic rings. The first kappa shape index (κ1) is 28.7. The summed E-state index contributed by atoms with van der Waals surface area (Å²) in [6.07, 6.45) is 1.61. The number of aromatic nitrogens is 3. The molecule has 41 heavy (non-hydrogen) atoms. The molecule has 3 N–H and O–H groups in total. The largest absolute Gasteiger partial charge is 0.350 e. The molecular formula is C29H31F3N6O2S. The van der Waals surface area contributed by atoms with Crippen LogP contribution >= 0.6 is 0 Å². The molecule has 0 saturated carbocycles. The van der Waals surface area contributed by atoms with Crippen LogP contribution in [0.15, 0.2) is 59.5 Å². The number of piperidine rings is 1. The fourth-order valence-electron chi connectivity index (χ4n) is 4.85. The second kappa shape index (κ2) is 12.4. The molecule has 3 heterocycles. The smallest absolute Gasteiger partial charge is 0.260 e. The molecule has 0 bridgehead atoms. The van der Waals surface area contributed by atoms with Crippen LogP contribution in [0.3, 0.4) is 0 Å². The van der Waals surface area contributed by atoms with Crippen LogP contribution in [0.25, 0.3) is 22.2 Å². The number of halogens is 3. The number of hydrogen-bond acceptors (Lipinski definition) is 6. The lowest BCUT2D eigenvalue weighted by Gasteiger charge is -2.26. The zero-order chi connectivity index (χ0) is 29.1. The van der Waals surface area contributed by atoms with Crippen molar-refractivity contribution in [1.82, 2.24) is 19.9 Å². The quantitative estimate of drug-likeness (QED) is 0.253. The highest BCUT2D eigenvalue weighted by Crippen LogP contribution is 2.27. The molecule has 0 amide bonds. The SMILES string of the molecule is CCC(C)n1c(=O)c(-c2ccc(NS(=O)Cc3ccccc3F)c(F)c2)cc2cnc(NC3CNCC(F)C3)nc21. The summed E-state index contributed by atoms with van der Waals surface area (Å²) in [5, 5.41) is 6.78. The Kier molecular flexibility index (Phi) is 8.69. The molecule has 0 spiro atoms. The van der Waals surface area contributed by atoms with E-state index in [-0.39, 0.29) is 40.2 Å². The Bertz CT molecular complexity index is 1650. The molecule has 8 nitrogen and oxygen atoms in total. The van der Waals surface area contributed by atoms with E-state index in [1.807, 2.05) is 13.8 Å². The Balaban J connectivity index is 1.44. The van der Waals surface area contributed by atoms with Gasteiger partial charge in [-0.2, -0.15) is 4.98 Å². The van der Waals surface area contributed by atoms with Crippen LogP contribution < -0.4 is 20.9 Å². The number of alkyl halides is 1. The maximum atomic E-state index is 15.1. The highest BCUT2D eigenvalue weighted by Gasteiger charge is 2.23. The molecule has 2 aromatic heterocycles. The Morgan fingerprint density at radius 3 is 2.68 bits per heavy atom.